The van der Waals surface area contributed by atoms with Gasteiger partial charge < -0.3 is 9.32 Å². The predicted molar refractivity (Wildman–Crippen MR) is 233 cm³/mol. The second kappa shape index (κ2) is 12.1. The first-order valence-corrected chi connectivity index (χ1v) is 20.0. The first kappa shape index (κ1) is 31.5. The normalized spacial score (nSPS) is 15.1. The van der Waals surface area contributed by atoms with E-state index in [1.54, 1.807) is 0 Å². The number of fused-ring (bicyclic) bond motifs is 14. The molecule has 2 heterocycles. The van der Waals surface area contributed by atoms with Crippen LogP contribution in [0, 0.1) is 0 Å². The van der Waals surface area contributed by atoms with Gasteiger partial charge >= 0.3 is 0 Å². The minimum atomic E-state index is -0.503. The summed E-state index contributed by atoms with van der Waals surface area (Å²) >= 11 is 1.90. The summed E-state index contributed by atoms with van der Waals surface area (Å²) in [5.74, 6) is 0. The first-order chi connectivity index (χ1) is 27.8. The van der Waals surface area contributed by atoms with Crippen molar-refractivity contribution in [3.8, 4) is 22.3 Å². The molecule has 262 valence electrons. The summed E-state index contributed by atoms with van der Waals surface area (Å²) in [6.45, 7) is 0. The van der Waals surface area contributed by atoms with Crippen molar-refractivity contribution in [2.75, 3.05) is 4.90 Å². The topological polar surface area (TPSA) is 16.4 Å². The van der Waals surface area contributed by atoms with E-state index in [2.05, 4.69) is 193 Å². The Morgan fingerprint density at radius 3 is 1.96 bits per heavy atom. The molecule has 3 heteroatoms. The molecule has 1 aliphatic heterocycles. The molecule has 1 atom stereocenters. The van der Waals surface area contributed by atoms with Crippen molar-refractivity contribution in [2.45, 2.75) is 15.2 Å². The molecule has 9 aromatic carbocycles. The average molecular weight is 732 g/mol. The van der Waals surface area contributed by atoms with Gasteiger partial charge in [-0.1, -0.05) is 157 Å². The van der Waals surface area contributed by atoms with Crippen molar-refractivity contribution < 1.29 is 4.42 Å². The molecule has 1 aliphatic carbocycles. The quantitative estimate of drug-likeness (QED) is 0.179. The number of benzene rings is 9. The molecule has 0 amide bonds. The van der Waals surface area contributed by atoms with E-state index in [1.807, 2.05) is 23.9 Å². The molecule has 0 bridgehead atoms. The van der Waals surface area contributed by atoms with Gasteiger partial charge in [0.25, 0.3) is 0 Å². The van der Waals surface area contributed by atoms with Crippen molar-refractivity contribution in [3.05, 3.63) is 222 Å². The van der Waals surface area contributed by atoms with Crippen LogP contribution in [-0.4, -0.2) is 0 Å². The fourth-order valence-corrected chi connectivity index (χ4v) is 10.8. The second-order valence-corrected chi connectivity index (χ2v) is 15.9. The lowest BCUT2D eigenvalue weighted by molar-refractivity contribution is 0.670. The van der Waals surface area contributed by atoms with Crippen LogP contribution in [0.1, 0.15) is 22.3 Å². The number of rotatable bonds is 4. The molecule has 1 unspecified atom stereocenters. The molecule has 1 aromatic heterocycles. The Bertz CT molecular complexity index is 3180. The lowest BCUT2D eigenvalue weighted by atomic mass is 9.66. The highest BCUT2D eigenvalue weighted by Gasteiger charge is 2.51. The zero-order chi connectivity index (χ0) is 36.8. The highest BCUT2D eigenvalue weighted by atomic mass is 32.2. The highest BCUT2D eigenvalue weighted by Crippen LogP contribution is 2.64. The Balaban J connectivity index is 1.08. The summed E-state index contributed by atoms with van der Waals surface area (Å²) in [5.41, 5.74) is 14.8. The van der Waals surface area contributed by atoms with Crippen LogP contribution in [0.5, 0.6) is 0 Å². The van der Waals surface area contributed by atoms with E-state index in [9.17, 15) is 0 Å². The SMILES string of the molecule is c1ccc(N(c2ccc(-c3cccc4c3oc3ccccc34)cc2)c2ccc3c(c2)C2(c4ccccc4Sc4ccc5ccccc5c42)c2ccccc2-3)cc1. The molecule has 1 spiro atoms. The second-order valence-electron chi connectivity index (χ2n) is 14.8. The zero-order valence-corrected chi connectivity index (χ0v) is 31.1. The molecule has 2 aliphatic rings. The fourth-order valence-electron chi connectivity index (χ4n) is 9.60. The Labute approximate surface area is 329 Å². The van der Waals surface area contributed by atoms with E-state index in [-0.39, 0.29) is 0 Å². The molecule has 0 N–H and O–H groups in total. The molecule has 12 rings (SSSR count). The number of furan rings is 1. The van der Waals surface area contributed by atoms with Gasteiger partial charge in [0.05, 0.1) is 5.41 Å². The number of anilines is 3. The number of hydrogen-bond donors (Lipinski definition) is 0. The fraction of sp³-hybridized carbons (Fsp3) is 0.0189. The number of nitrogens with zero attached hydrogens (tertiary/aromatic N) is 1. The molecule has 10 aromatic rings. The molecule has 2 nitrogen and oxygen atoms in total. The average Bonchev–Trinajstić information content (AvgIpc) is 3.78. The van der Waals surface area contributed by atoms with E-state index < -0.39 is 5.41 Å². The minimum Gasteiger partial charge on any atom is -0.455 e. The van der Waals surface area contributed by atoms with E-state index in [1.165, 1.54) is 53.9 Å². The van der Waals surface area contributed by atoms with Crippen LogP contribution in [0.2, 0.25) is 0 Å². The van der Waals surface area contributed by atoms with Crippen molar-refractivity contribution in [1.29, 1.82) is 0 Å². The smallest absolute Gasteiger partial charge is 0.143 e. The molecule has 0 fully saturated rings. The van der Waals surface area contributed by atoms with Crippen LogP contribution < -0.4 is 4.90 Å². The Hall–Kier alpha value is -6.81. The summed E-state index contributed by atoms with van der Waals surface area (Å²) in [5, 5.41) is 4.84. The van der Waals surface area contributed by atoms with Crippen molar-refractivity contribution in [1.82, 2.24) is 0 Å². The molecule has 0 radical (unpaired) electrons. The monoisotopic (exact) mass is 731 g/mol. The van der Waals surface area contributed by atoms with Gasteiger partial charge in [-0.3, -0.25) is 0 Å². The lowest BCUT2D eigenvalue weighted by Crippen LogP contribution is -2.32. The molecule has 0 saturated heterocycles. The summed E-state index contributed by atoms with van der Waals surface area (Å²) in [4.78, 5) is 5.01. The molecular weight excluding hydrogens is 699 g/mol. The van der Waals surface area contributed by atoms with Crippen LogP contribution in [0.25, 0.3) is 55.0 Å². The summed E-state index contributed by atoms with van der Waals surface area (Å²) < 4.78 is 6.44. The summed E-state index contributed by atoms with van der Waals surface area (Å²) in [6.07, 6.45) is 0. The van der Waals surface area contributed by atoms with Gasteiger partial charge in [0, 0.05) is 43.2 Å². The Morgan fingerprint density at radius 2 is 1.07 bits per heavy atom. The highest BCUT2D eigenvalue weighted by molar-refractivity contribution is 7.99. The maximum absolute atomic E-state index is 6.44. The van der Waals surface area contributed by atoms with Crippen molar-refractivity contribution >= 4 is 61.5 Å². The minimum absolute atomic E-state index is 0.503. The summed E-state index contributed by atoms with van der Waals surface area (Å²) in [7, 11) is 0. The third-order valence-electron chi connectivity index (χ3n) is 11.9. The van der Waals surface area contributed by atoms with E-state index >= 15 is 0 Å². The lowest BCUT2D eigenvalue weighted by Gasteiger charge is -2.41. The van der Waals surface area contributed by atoms with Crippen LogP contribution in [0.4, 0.5) is 17.1 Å². The van der Waals surface area contributed by atoms with E-state index in [0.29, 0.717) is 0 Å². The van der Waals surface area contributed by atoms with Gasteiger partial charge in [-0.25, -0.2) is 0 Å². The molecule has 0 saturated carbocycles. The number of hydrogen-bond acceptors (Lipinski definition) is 3. The van der Waals surface area contributed by atoms with Crippen LogP contribution in [-0.2, 0) is 5.41 Å². The Kier molecular flexibility index (Phi) is 6.81. The first-order valence-electron chi connectivity index (χ1n) is 19.2. The predicted octanol–water partition coefficient (Wildman–Crippen LogP) is 14.7. The van der Waals surface area contributed by atoms with Crippen LogP contribution in [0.3, 0.4) is 0 Å². The third-order valence-corrected chi connectivity index (χ3v) is 13.1. The maximum Gasteiger partial charge on any atom is 0.143 e. The maximum atomic E-state index is 6.44. The van der Waals surface area contributed by atoms with Crippen LogP contribution in [0.15, 0.2) is 214 Å². The van der Waals surface area contributed by atoms with Crippen LogP contribution >= 0.6 is 11.8 Å². The summed E-state index contributed by atoms with van der Waals surface area (Å²) in [6, 6.07) is 73.3. The van der Waals surface area contributed by atoms with E-state index in [0.717, 1.165) is 50.1 Å². The third kappa shape index (κ3) is 4.40. The van der Waals surface area contributed by atoms with Crippen molar-refractivity contribution in [2.24, 2.45) is 0 Å². The zero-order valence-electron chi connectivity index (χ0n) is 30.3. The standard InChI is InChI=1S/C53H33NOS/c1-2-14-36(15-3-1)54(37-28-25-35(26-29-37)40-19-12-20-44-43-18-7-10-23-48(43)55-52(40)44)38-30-31-42-41-17-6-8-21-45(41)53(47(42)33-38)46-22-9-11-24-49(46)56-50-32-27-34-13-4-5-16-39(34)51(50)53/h1-33H. The van der Waals surface area contributed by atoms with Gasteiger partial charge in [0.15, 0.2) is 0 Å². The largest absolute Gasteiger partial charge is 0.455 e. The Morgan fingerprint density at radius 1 is 0.411 bits per heavy atom. The molecular formula is C53H33NOS. The van der Waals surface area contributed by atoms with Gasteiger partial charge in [-0.15, -0.1) is 0 Å². The van der Waals surface area contributed by atoms with Gasteiger partial charge in [0.2, 0.25) is 0 Å². The molecule has 56 heavy (non-hydrogen) atoms. The van der Waals surface area contributed by atoms with E-state index in [4.69, 9.17) is 4.42 Å². The number of para-hydroxylation sites is 3. The van der Waals surface area contributed by atoms with Gasteiger partial charge in [0.1, 0.15) is 11.2 Å². The van der Waals surface area contributed by atoms with Gasteiger partial charge in [-0.05, 0) is 104 Å². The van der Waals surface area contributed by atoms with Gasteiger partial charge in [-0.2, -0.15) is 0 Å². The van der Waals surface area contributed by atoms with Crippen molar-refractivity contribution in [3.63, 3.8) is 0 Å².